The molecule has 1 amide bonds. The van der Waals surface area contributed by atoms with Gasteiger partial charge in [0.15, 0.2) is 0 Å². The van der Waals surface area contributed by atoms with Crippen molar-refractivity contribution < 1.29 is 4.79 Å². The number of nitrogens with two attached hydrogens (primary N) is 1. The number of hydrogen-bond acceptors (Lipinski definition) is 3. The molecule has 0 aromatic carbocycles. The Kier molecular flexibility index (Phi) is 4.62. The average molecular weight is 254 g/mol. The Morgan fingerprint density at radius 3 is 2.76 bits per heavy atom. The largest absolute Gasteiger partial charge is 0.393 e. The smallest absolute Gasteiger partial charge is 0.257 e. The number of carbonyl (C=O) groups excluding carboxylic acids is 1. The molecule has 5 nitrogen and oxygen atoms in total. The SMILES string of the molecule is CCN(CC(C)C(N)=S)C(=O)c1cnn(C)c1. The van der Waals surface area contributed by atoms with E-state index in [9.17, 15) is 4.79 Å². The highest BCUT2D eigenvalue weighted by Gasteiger charge is 2.18. The van der Waals surface area contributed by atoms with E-state index >= 15 is 0 Å². The first-order valence-electron chi connectivity index (χ1n) is 5.53. The van der Waals surface area contributed by atoms with Crippen LogP contribution < -0.4 is 5.73 Å². The summed E-state index contributed by atoms with van der Waals surface area (Å²) >= 11 is 4.92. The van der Waals surface area contributed by atoms with E-state index in [1.165, 1.54) is 0 Å². The van der Waals surface area contributed by atoms with Gasteiger partial charge in [0.25, 0.3) is 5.91 Å². The summed E-state index contributed by atoms with van der Waals surface area (Å²) in [6.45, 7) is 5.02. The van der Waals surface area contributed by atoms with Crippen LogP contribution in [0, 0.1) is 5.92 Å². The molecule has 0 saturated heterocycles. The normalized spacial score (nSPS) is 12.2. The summed E-state index contributed by atoms with van der Waals surface area (Å²) in [6, 6.07) is 0. The predicted octanol–water partition coefficient (Wildman–Crippen LogP) is 0.804. The molecule has 0 spiro atoms. The van der Waals surface area contributed by atoms with Crippen LogP contribution in [-0.4, -0.2) is 38.7 Å². The van der Waals surface area contributed by atoms with Crippen LogP contribution in [0.3, 0.4) is 0 Å². The third-order valence-corrected chi connectivity index (χ3v) is 3.00. The van der Waals surface area contributed by atoms with E-state index in [0.29, 0.717) is 23.6 Å². The molecule has 2 N–H and O–H groups in total. The van der Waals surface area contributed by atoms with Gasteiger partial charge in [-0.3, -0.25) is 9.48 Å². The van der Waals surface area contributed by atoms with E-state index in [0.717, 1.165) is 0 Å². The maximum Gasteiger partial charge on any atom is 0.257 e. The molecular formula is C11H18N4OS. The zero-order chi connectivity index (χ0) is 13.0. The topological polar surface area (TPSA) is 64.2 Å². The Hall–Kier alpha value is -1.43. The van der Waals surface area contributed by atoms with Crippen molar-refractivity contribution in [1.82, 2.24) is 14.7 Å². The second-order valence-corrected chi connectivity index (χ2v) is 4.52. The average Bonchev–Trinajstić information content (AvgIpc) is 2.71. The quantitative estimate of drug-likeness (QED) is 0.790. The summed E-state index contributed by atoms with van der Waals surface area (Å²) in [7, 11) is 1.78. The molecule has 0 saturated carbocycles. The Morgan fingerprint density at radius 1 is 1.71 bits per heavy atom. The Balaban J connectivity index is 2.74. The number of rotatable bonds is 5. The van der Waals surface area contributed by atoms with Gasteiger partial charge in [-0.25, -0.2) is 0 Å². The lowest BCUT2D eigenvalue weighted by molar-refractivity contribution is 0.0755. The van der Waals surface area contributed by atoms with Crippen molar-refractivity contribution >= 4 is 23.1 Å². The van der Waals surface area contributed by atoms with E-state index < -0.39 is 0 Å². The first-order valence-corrected chi connectivity index (χ1v) is 5.93. The van der Waals surface area contributed by atoms with Crippen molar-refractivity contribution in [1.29, 1.82) is 0 Å². The van der Waals surface area contributed by atoms with Gasteiger partial charge < -0.3 is 10.6 Å². The summed E-state index contributed by atoms with van der Waals surface area (Å²) in [5.41, 5.74) is 6.15. The second-order valence-electron chi connectivity index (χ2n) is 4.05. The van der Waals surface area contributed by atoms with Gasteiger partial charge in [0.2, 0.25) is 0 Å². The molecule has 0 aliphatic rings. The molecule has 1 aromatic heterocycles. The molecule has 1 aromatic rings. The third-order valence-electron chi connectivity index (χ3n) is 2.60. The fraction of sp³-hybridized carbons (Fsp3) is 0.545. The van der Waals surface area contributed by atoms with Crippen molar-refractivity contribution in [2.24, 2.45) is 18.7 Å². The fourth-order valence-corrected chi connectivity index (χ4v) is 1.56. The molecule has 1 rings (SSSR count). The number of hydrogen-bond donors (Lipinski definition) is 1. The van der Waals surface area contributed by atoms with Gasteiger partial charge in [0, 0.05) is 32.3 Å². The van der Waals surface area contributed by atoms with E-state index in [1.807, 2.05) is 13.8 Å². The Morgan fingerprint density at radius 2 is 2.35 bits per heavy atom. The highest BCUT2D eigenvalue weighted by Crippen LogP contribution is 2.07. The zero-order valence-corrected chi connectivity index (χ0v) is 11.2. The highest BCUT2D eigenvalue weighted by molar-refractivity contribution is 7.80. The van der Waals surface area contributed by atoms with Gasteiger partial charge >= 0.3 is 0 Å². The zero-order valence-electron chi connectivity index (χ0n) is 10.4. The fourth-order valence-electron chi connectivity index (χ4n) is 1.49. The van der Waals surface area contributed by atoms with Crippen LogP contribution >= 0.6 is 12.2 Å². The second kappa shape index (κ2) is 5.77. The van der Waals surface area contributed by atoms with Crippen LogP contribution in [0.5, 0.6) is 0 Å². The molecule has 1 unspecified atom stereocenters. The van der Waals surface area contributed by atoms with Crippen LogP contribution in [0.4, 0.5) is 0 Å². The van der Waals surface area contributed by atoms with E-state index in [4.69, 9.17) is 18.0 Å². The van der Waals surface area contributed by atoms with Crippen LogP contribution in [0.1, 0.15) is 24.2 Å². The van der Waals surface area contributed by atoms with E-state index in [1.54, 1.807) is 29.0 Å². The molecule has 6 heteroatoms. The lowest BCUT2D eigenvalue weighted by atomic mass is 10.1. The summed E-state index contributed by atoms with van der Waals surface area (Å²) in [5.74, 6) is -0.0192. The molecule has 0 fully saturated rings. The van der Waals surface area contributed by atoms with Gasteiger partial charge in [-0.15, -0.1) is 0 Å². The molecular weight excluding hydrogens is 236 g/mol. The summed E-state index contributed by atoms with van der Waals surface area (Å²) in [5, 5.41) is 3.99. The molecule has 0 aliphatic heterocycles. The summed E-state index contributed by atoms with van der Waals surface area (Å²) < 4.78 is 1.61. The monoisotopic (exact) mass is 254 g/mol. The van der Waals surface area contributed by atoms with Crippen molar-refractivity contribution in [3.63, 3.8) is 0 Å². The third kappa shape index (κ3) is 3.52. The van der Waals surface area contributed by atoms with Gasteiger partial charge in [0.1, 0.15) is 0 Å². The van der Waals surface area contributed by atoms with E-state index in [2.05, 4.69) is 5.10 Å². The van der Waals surface area contributed by atoms with Gasteiger partial charge in [-0.1, -0.05) is 19.1 Å². The minimum Gasteiger partial charge on any atom is -0.393 e. The number of nitrogens with zero attached hydrogens (tertiary/aromatic N) is 3. The van der Waals surface area contributed by atoms with E-state index in [-0.39, 0.29) is 11.8 Å². The van der Waals surface area contributed by atoms with Crippen LogP contribution in [0.25, 0.3) is 0 Å². The lowest BCUT2D eigenvalue weighted by Crippen LogP contribution is -2.38. The van der Waals surface area contributed by atoms with Crippen molar-refractivity contribution in [2.75, 3.05) is 13.1 Å². The maximum atomic E-state index is 12.1. The molecule has 1 atom stereocenters. The molecule has 0 radical (unpaired) electrons. The first-order chi connectivity index (χ1) is 7.95. The maximum absolute atomic E-state index is 12.1. The van der Waals surface area contributed by atoms with Crippen molar-refractivity contribution in [3.8, 4) is 0 Å². The molecule has 17 heavy (non-hydrogen) atoms. The highest BCUT2D eigenvalue weighted by atomic mass is 32.1. The minimum absolute atomic E-state index is 0.0190. The summed E-state index contributed by atoms with van der Waals surface area (Å²) in [6.07, 6.45) is 3.27. The van der Waals surface area contributed by atoms with Crippen LogP contribution in [-0.2, 0) is 7.05 Å². The van der Waals surface area contributed by atoms with Gasteiger partial charge in [-0.2, -0.15) is 5.10 Å². The predicted molar refractivity (Wildman–Crippen MR) is 70.7 cm³/mol. The number of carbonyl (C=O) groups is 1. The van der Waals surface area contributed by atoms with Crippen molar-refractivity contribution in [3.05, 3.63) is 18.0 Å². The molecule has 0 bridgehead atoms. The van der Waals surface area contributed by atoms with Crippen LogP contribution in [0.2, 0.25) is 0 Å². The summed E-state index contributed by atoms with van der Waals surface area (Å²) in [4.78, 5) is 14.3. The first kappa shape index (κ1) is 13.6. The number of aromatic nitrogens is 2. The number of thiocarbonyl (C=S) groups is 1. The Labute approximate surface area is 107 Å². The Bertz CT molecular complexity index is 415. The lowest BCUT2D eigenvalue weighted by Gasteiger charge is -2.23. The van der Waals surface area contributed by atoms with Gasteiger partial charge in [-0.05, 0) is 6.92 Å². The molecule has 0 aliphatic carbocycles. The van der Waals surface area contributed by atoms with Crippen molar-refractivity contribution in [2.45, 2.75) is 13.8 Å². The van der Waals surface area contributed by atoms with Crippen LogP contribution in [0.15, 0.2) is 12.4 Å². The standard InChI is InChI=1S/C11H18N4OS/c1-4-15(6-8(2)10(12)17)11(16)9-5-13-14(3)7-9/h5,7-8H,4,6H2,1-3H3,(H2,12,17). The number of aryl methyl sites for hydroxylation is 1. The molecule has 1 heterocycles. The molecule has 94 valence electrons. The minimum atomic E-state index is -0.0382. The van der Waals surface area contributed by atoms with Gasteiger partial charge in [0.05, 0.1) is 16.7 Å². The number of amides is 1.